The topological polar surface area (TPSA) is 82.3 Å². The van der Waals surface area contributed by atoms with Crippen molar-refractivity contribution in [3.63, 3.8) is 0 Å². The molecule has 2 aromatic rings. The average Bonchev–Trinajstić information content (AvgIpc) is 2.62. The molecule has 0 bridgehead atoms. The molecule has 136 valence electrons. The summed E-state index contributed by atoms with van der Waals surface area (Å²) in [5.74, 6) is -0.234. The van der Waals surface area contributed by atoms with Crippen LogP contribution < -0.4 is 16.6 Å². The number of ether oxygens (including phenoxy) is 1. The fourth-order valence-electron chi connectivity index (χ4n) is 2.69. The third-order valence-corrected chi connectivity index (χ3v) is 4.02. The van der Waals surface area contributed by atoms with Gasteiger partial charge in [-0.05, 0) is 25.0 Å². The van der Waals surface area contributed by atoms with Gasteiger partial charge in [0.05, 0.1) is 10.9 Å². The van der Waals surface area contributed by atoms with E-state index in [1.165, 1.54) is 9.13 Å². The number of methoxy groups -OCH3 is 1. The lowest BCUT2D eigenvalue weighted by Crippen LogP contribution is -2.42. The van der Waals surface area contributed by atoms with E-state index in [-0.39, 0.29) is 24.6 Å². The Morgan fingerprint density at radius 2 is 1.92 bits per heavy atom. The molecule has 2 rings (SSSR count). The molecule has 1 N–H and O–H groups in total. The molecule has 0 aliphatic heterocycles. The minimum absolute atomic E-state index is 0.104. The Hall–Kier alpha value is -2.41. The second-order valence-electron chi connectivity index (χ2n) is 5.89. The maximum atomic E-state index is 12.8. The van der Waals surface area contributed by atoms with Crippen molar-refractivity contribution < 1.29 is 9.53 Å². The summed E-state index contributed by atoms with van der Waals surface area (Å²) in [7, 11) is 1.57. The highest BCUT2D eigenvalue weighted by Crippen LogP contribution is 2.07. The van der Waals surface area contributed by atoms with Crippen molar-refractivity contribution in [3.8, 4) is 0 Å². The number of nitrogens with zero attached hydrogens (tertiary/aromatic N) is 2. The van der Waals surface area contributed by atoms with Gasteiger partial charge in [0.2, 0.25) is 5.91 Å². The molecular formula is C18H25N3O4. The highest BCUT2D eigenvalue weighted by atomic mass is 16.5. The number of hydrogen-bond acceptors (Lipinski definition) is 4. The number of para-hydroxylation sites is 1. The van der Waals surface area contributed by atoms with Crippen molar-refractivity contribution in [1.29, 1.82) is 0 Å². The number of carbonyl (C=O) groups is 1. The number of nitrogens with one attached hydrogen (secondary N) is 1. The summed E-state index contributed by atoms with van der Waals surface area (Å²) < 4.78 is 7.54. The van der Waals surface area contributed by atoms with Gasteiger partial charge in [-0.15, -0.1) is 0 Å². The lowest BCUT2D eigenvalue weighted by atomic mass is 10.2. The molecule has 0 fully saturated rings. The average molecular weight is 347 g/mol. The molecule has 1 heterocycles. The number of amides is 1. The Morgan fingerprint density at radius 1 is 1.16 bits per heavy atom. The molecule has 1 aromatic carbocycles. The Kier molecular flexibility index (Phi) is 6.94. The van der Waals surface area contributed by atoms with Crippen molar-refractivity contribution in [3.05, 3.63) is 45.1 Å². The molecule has 1 amide bonds. The molecule has 0 spiro atoms. The molecular weight excluding hydrogens is 322 g/mol. The number of benzene rings is 1. The van der Waals surface area contributed by atoms with E-state index in [0.717, 1.165) is 12.8 Å². The first kappa shape index (κ1) is 18.9. The van der Waals surface area contributed by atoms with Crippen molar-refractivity contribution in [2.24, 2.45) is 0 Å². The molecule has 0 aliphatic rings. The van der Waals surface area contributed by atoms with E-state index in [1.54, 1.807) is 31.4 Å². The van der Waals surface area contributed by atoms with Crippen LogP contribution >= 0.6 is 0 Å². The van der Waals surface area contributed by atoms with Crippen LogP contribution in [0.1, 0.15) is 26.2 Å². The van der Waals surface area contributed by atoms with E-state index < -0.39 is 5.69 Å². The Bertz CT molecular complexity index is 838. The summed E-state index contributed by atoms with van der Waals surface area (Å²) in [6.07, 6.45) is 2.41. The van der Waals surface area contributed by atoms with Gasteiger partial charge in [-0.25, -0.2) is 4.79 Å². The van der Waals surface area contributed by atoms with E-state index in [2.05, 4.69) is 5.32 Å². The van der Waals surface area contributed by atoms with Crippen LogP contribution in [0.2, 0.25) is 0 Å². The van der Waals surface area contributed by atoms with Gasteiger partial charge in [0.1, 0.15) is 6.54 Å². The monoisotopic (exact) mass is 347 g/mol. The SMILES string of the molecule is CCCCNC(=O)Cn1c(=O)n(CCCOC)c(=O)c2ccccc21. The van der Waals surface area contributed by atoms with E-state index in [4.69, 9.17) is 4.74 Å². The van der Waals surface area contributed by atoms with Crippen LogP contribution in [0.4, 0.5) is 0 Å². The summed E-state index contributed by atoms with van der Waals surface area (Å²) in [5.41, 5.74) is -0.323. The summed E-state index contributed by atoms with van der Waals surface area (Å²) in [6.45, 7) is 3.23. The zero-order valence-corrected chi connectivity index (χ0v) is 14.8. The van der Waals surface area contributed by atoms with E-state index in [0.29, 0.717) is 30.5 Å². The van der Waals surface area contributed by atoms with Gasteiger partial charge in [-0.1, -0.05) is 25.5 Å². The Morgan fingerprint density at radius 3 is 2.64 bits per heavy atom. The number of unbranched alkanes of at least 4 members (excludes halogenated alkanes) is 1. The van der Waals surface area contributed by atoms with Gasteiger partial charge < -0.3 is 10.1 Å². The smallest absolute Gasteiger partial charge is 0.331 e. The molecule has 1 aromatic heterocycles. The van der Waals surface area contributed by atoms with Gasteiger partial charge in [0, 0.05) is 26.8 Å². The second-order valence-corrected chi connectivity index (χ2v) is 5.89. The molecule has 0 unspecified atom stereocenters. The summed E-state index contributed by atoms with van der Waals surface area (Å²) in [6, 6.07) is 6.87. The van der Waals surface area contributed by atoms with Crippen LogP contribution in [0.15, 0.2) is 33.9 Å². The maximum absolute atomic E-state index is 12.8. The summed E-state index contributed by atoms with van der Waals surface area (Å²) >= 11 is 0. The summed E-state index contributed by atoms with van der Waals surface area (Å²) in [4.78, 5) is 37.5. The number of hydrogen-bond donors (Lipinski definition) is 1. The fourth-order valence-corrected chi connectivity index (χ4v) is 2.69. The fraction of sp³-hybridized carbons (Fsp3) is 0.500. The van der Waals surface area contributed by atoms with Crippen molar-refractivity contribution >= 4 is 16.8 Å². The first-order valence-corrected chi connectivity index (χ1v) is 8.58. The quantitative estimate of drug-likeness (QED) is 0.689. The lowest BCUT2D eigenvalue weighted by molar-refractivity contribution is -0.121. The highest BCUT2D eigenvalue weighted by Gasteiger charge is 2.14. The lowest BCUT2D eigenvalue weighted by Gasteiger charge is -2.14. The number of rotatable bonds is 9. The molecule has 7 heteroatoms. The zero-order chi connectivity index (χ0) is 18.2. The van der Waals surface area contributed by atoms with Crippen LogP contribution in [0, 0.1) is 0 Å². The zero-order valence-electron chi connectivity index (χ0n) is 14.8. The summed E-state index contributed by atoms with van der Waals surface area (Å²) in [5, 5.41) is 3.24. The highest BCUT2D eigenvalue weighted by molar-refractivity contribution is 5.81. The van der Waals surface area contributed by atoms with Gasteiger partial charge in [0.25, 0.3) is 5.56 Å². The van der Waals surface area contributed by atoms with Crippen LogP contribution in [-0.4, -0.2) is 35.3 Å². The van der Waals surface area contributed by atoms with Crippen LogP contribution in [0.25, 0.3) is 10.9 Å². The maximum Gasteiger partial charge on any atom is 0.331 e. The third kappa shape index (κ3) is 4.57. The van der Waals surface area contributed by atoms with Crippen LogP contribution in [0.3, 0.4) is 0 Å². The molecule has 7 nitrogen and oxygen atoms in total. The molecule has 0 saturated carbocycles. The Balaban J connectivity index is 2.41. The Labute approximate surface area is 146 Å². The third-order valence-electron chi connectivity index (χ3n) is 4.02. The van der Waals surface area contributed by atoms with Gasteiger partial charge >= 0.3 is 5.69 Å². The largest absolute Gasteiger partial charge is 0.385 e. The molecule has 0 atom stereocenters. The minimum atomic E-state index is -0.467. The minimum Gasteiger partial charge on any atom is -0.385 e. The van der Waals surface area contributed by atoms with Gasteiger partial charge in [-0.2, -0.15) is 0 Å². The van der Waals surface area contributed by atoms with Crippen molar-refractivity contribution in [2.75, 3.05) is 20.3 Å². The van der Waals surface area contributed by atoms with Crippen molar-refractivity contribution in [1.82, 2.24) is 14.5 Å². The van der Waals surface area contributed by atoms with E-state index in [1.807, 2.05) is 6.92 Å². The first-order chi connectivity index (χ1) is 12.1. The van der Waals surface area contributed by atoms with E-state index >= 15 is 0 Å². The van der Waals surface area contributed by atoms with Gasteiger partial charge in [-0.3, -0.25) is 18.7 Å². The van der Waals surface area contributed by atoms with Crippen LogP contribution in [-0.2, 0) is 22.6 Å². The standard InChI is InChI=1S/C18H25N3O4/c1-3-4-10-19-16(22)13-21-15-9-6-5-8-14(15)17(23)20(18(21)24)11-7-12-25-2/h5-6,8-9H,3-4,7,10-13H2,1-2H3,(H,19,22). The number of aromatic nitrogens is 2. The van der Waals surface area contributed by atoms with Crippen molar-refractivity contribution in [2.45, 2.75) is 39.3 Å². The predicted molar refractivity (Wildman–Crippen MR) is 96.9 cm³/mol. The van der Waals surface area contributed by atoms with Gasteiger partial charge in [0.15, 0.2) is 0 Å². The second kappa shape index (κ2) is 9.17. The number of fused-ring (bicyclic) bond motifs is 1. The molecule has 0 radical (unpaired) electrons. The normalized spacial score (nSPS) is 11.0. The van der Waals surface area contributed by atoms with E-state index in [9.17, 15) is 14.4 Å². The number of carbonyl (C=O) groups excluding carboxylic acids is 1. The first-order valence-electron chi connectivity index (χ1n) is 8.58. The molecule has 25 heavy (non-hydrogen) atoms. The predicted octanol–water partition coefficient (Wildman–Crippen LogP) is 1.12. The molecule has 0 aliphatic carbocycles. The van der Waals surface area contributed by atoms with Crippen LogP contribution in [0.5, 0.6) is 0 Å². The molecule has 0 saturated heterocycles.